The van der Waals surface area contributed by atoms with E-state index >= 15 is 0 Å². The highest BCUT2D eigenvalue weighted by Crippen LogP contribution is 2.31. The third-order valence-corrected chi connectivity index (χ3v) is 4.30. The van der Waals surface area contributed by atoms with Crippen LogP contribution in [0.4, 0.5) is 0 Å². The molecule has 0 aromatic heterocycles. The molecule has 0 aliphatic carbocycles. The molecule has 2 aliphatic rings. The van der Waals surface area contributed by atoms with E-state index in [0.717, 1.165) is 17.6 Å². The molecule has 0 bridgehead atoms. The molecule has 2 heterocycles. The Balaban J connectivity index is 1.82. The summed E-state index contributed by atoms with van der Waals surface area (Å²) in [5.41, 5.74) is 3.08. The first-order chi connectivity index (χ1) is 12.7. The minimum atomic E-state index is -1.02. The lowest BCUT2D eigenvalue weighted by molar-refractivity contribution is -0.188. The van der Waals surface area contributed by atoms with Gasteiger partial charge in [-0.3, -0.25) is 0 Å². The van der Waals surface area contributed by atoms with Gasteiger partial charge in [0.2, 0.25) is 5.79 Å². The van der Waals surface area contributed by atoms with E-state index in [1.54, 1.807) is 19.1 Å². The molecule has 0 unspecified atom stereocenters. The summed E-state index contributed by atoms with van der Waals surface area (Å²) in [6.07, 6.45) is 9.50. The van der Waals surface area contributed by atoms with Crippen molar-refractivity contribution in [2.75, 3.05) is 7.11 Å². The van der Waals surface area contributed by atoms with Crippen molar-refractivity contribution in [1.29, 1.82) is 0 Å². The first kappa shape index (κ1) is 20.7. The van der Waals surface area contributed by atoms with Gasteiger partial charge in [0.1, 0.15) is 0 Å². The van der Waals surface area contributed by atoms with Crippen molar-refractivity contribution in [3.63, 3.8) is 0 Å². The average molecular weight is 374 g/mol. The number of rotatable bonds is 8. The number of carbonyl (C=O) groups excluding carboxylic acids is 2. The van der Waals surface area contributed by atoms with Gasteiger partial charge in [0.25, 0.3) is 6.29 Å². The zero-order chi connectivity index (χ0) is 20.0. The molecule has 0 saturated heterocycles. The Labute approximate surface area is 159 Å². The lowest BCUT2D eigenvalue weighted by Gasteiger charge is -2.24. The van der Waals surface area contributed by atoms with Crippen molar-refractivity contribution < 1.29 is 28.5 Å². The largest absolute Gasteiger partial charge is 0.458 e. The number of ether oxygens (including phenoxy) is 4. The fourth-order valence-electron chi connectivity index (χ4n) is 2.80. The van der Waals surface area contributed by atoms with Gasteiger partial charge >= 0.3 is 11.9 Å². The van der Waals surface area contributed by atoms with Crippen LogP contribution in [0.25, 0.3) is 0 Å². The highest BCUT2D eigenvalue weighted by Gasteiger charge is 2.38. The maximum Gasteiger partial charge on any atom is 0.336 e. The van der Waals surface area contributed by atoms with Crippen LogP contribution in [-0.2, 0) is 28.5 Å². The van der Waals surface area contributed by atoms with Crippen LogP contribution in [0.15, 0.2) is 59.4 Å². The van der Waals surface area contributed by atoms with Crippen LogP contribution in [0.1, 0.15) is 40.0 Å². The van der Waals surface area contributed by atoms with Crippen LogP contribution < -0.4 is 0 Å². The highest BCUT2D eigenvalue weighted by molar-refractivity contribution is 5.90. The maximum absolute atomic E-state index is 11.9. The Kier molecular flexibility index (Phi) is 6.80. The smallest absolute Gasteiger partial charge is 0.336 e. The van der Waals surface area contributed by atoms with Crippen molar-refractivity contribution in [2.45, 2.75) is 52.1 Å². The molecule has 146 valence electrons. The molecule has 2 rings (SSSR count). The third-order valence-electron chi connectivity index (χ3n) is 4.30. The summed E-state index contributed by atoms with van der Waals surface area (Å²) in [6, 6.07) is 0. The molecular weight excluding hydrogens is 348 g/mol. The average Bonchev–Trinajstić information content (AvgIpc) is 3.11. The van der Waals surface area contributed by atoms with Gasteiger partial charge in [-0.25, -0.2) is 9.59 Å². The van der Waals surface area contributed by atoms with Gasteiger partial charge in [0.05, 0.1) is 6.26 Å². The van der Waals surface area contributed by atoms with E-state index in [9.17, 15) is 9.59 Å². The Morgan fingerprint density at radius 1 is 1.37 bits per heavy atom. The molecule has 0 saturated carbocycles. The number of hydrogen-bond donors (Lipinski definition) is 0. The number of allylic oxidation sites excluding steroid dienone is 2. The van der Waals surface area contributed by atoms with Crippen molar-refractivity contribution in [2.24, 2.45) is 0 Å². The van der Waals surface area contributed by atoms with Gasteiger partial charge in [0.15, 0.2) is 0 Å². The normalized spacial score (nSPS) is 25.3. The molecule has 2 atom stereocenters. The predicted molar refractivity (Wildman–Crippen MR) is 100 cm³/mol. The standard InChI is InChI=1S/C21H26O6/c1-14(11-18(22)26-20-16(3)9-10-25-20)7-6-8-15(2)12-21(24-5)13-17(4)19(23)27-21/h8-11,13,20H,3,6-7,12H2,1-2,4-5H3/b14-11+,15-8+/t20-,21-/m1/s1. The Bertz CT molecular complexity index is 740. The monoisotopic (exact) mass is 374 g/mol. The molecule has 6 nitrogen and oxygen atoms in total. The van der Waals surface area contributed by atoms with E-state index in [1.165, 1.54) is 19.4 Å². The van der Waals surface area contributed by atoms with Gasteiger partial charge in [-0.1, -0.05) is 23.8 Å². The molecule has 0 radical (unpaired) electrons. The predicted octanol–water partition coefficient (Wildman–Crippen LogP) is 3.86. The van der Waals surface area contributed by atoms with Crippen LogP contribution >= 0.6 is 0 Å². The SMILES string of the molecule is C=C1C=CO[C@@H]1OC(=O)/C=C(\C)CC/C=C(\C)C[C@]1(OC)C=C(C)C(=O)O1. The van der Waals surface area contributed by atoms with Crippen LogP contribution in [-0.4, -0.2) is 31.1 Å². The zero-order valence-electron chi connectivity index (χ0n) is 16.2. The van der Waals surface area contributed by atoms with Crippen LogP contribution in [0.5, 0.6) is 0 Å². The van der Waals surface area contributed by atoms with E-state index in [0.29, 0.717) is 24.0 Å². The quantitative estimate of drug-likeness (QED) is 0.365. The fraction of sp³-hybridized carbons (Fsp3) is 0.429. The first-order valence-electron chi connectivity index (χ1n) is 8.77. The first-order valence-corrected chi connectivity index (χ1v) is 8.77. The molecule has 2 aliphatic heterocycles. The lowest BCUT2D eigenvalue weighted by Crippen LogP contribution is -2.30. The van der Waals surface area contributed by atoms with Gasteiger partial charge < -0.3 is 18.9 Å². The summed E-state index contributed by atoms with van der Waals surface area (Å²) >= 11 is 0. The molecule has 0 amide bonds. The summed E-state index contributed by atoms with van der Waals surface area (Å²) in [4.78, 5) is 23.5. The molecule has 6 heteroatoms. The number of carbonyl (C=O) groups is 2. The lowest BCUT2D eigenvalue weighted by atomic mass is 10.0. The second kappa shape index (κ2) is 8.86. The Hall–Kier alpha value is -2.60. The molecule has 0 fully saturated rings. The maximum atomic E-state index is 11.9. The zero-order valence-corrected chi connectivity index (χ0v) is 16.2. The number of methoxy groups -OCH3 is 1. The molecule has 0 N–H and O–H groups in total. The number of esters is 2. The van der Waals surface area contributed by atoms with E-state index in [4.69, 9.17) is 18.9 Å². The van der Waals surface area contributed by atoms with Crippen molar-refractivity contribution in [3.05, 3.63) is 59.4 Å². The highest BCUT2D eigenvalue weighted by atomic mass is 16.7. The topological polar surface area (TPSA) is 71.1 Å². The summed E-state index contributed by atoms with van der Waals surface area (Å²) in [5.74, 6) is -1.83. The van der Waals surface area contributed by atoms with E-state index < -0.39 is 18.0 Å². The summed E-state index contributed by atoms with van der Waals surface area (Å²) < 4.78 is 21.0. The van der Waals surface area contributed by atoms with Gasteiger partial charge in [0, 0.05) is 30.8 Å². The number of cyclic esters (lactones) is 1. The molecule has 27 heavy (non-hydrogen) atoms. The summed E-state index contributed by atoms with van der Waals surface area (Å²) in [5, 5.41) is 0. The number of hydrogen-bond acceptors (Lipinski definition) is 6. The third kappa shape index (κ3) is 5.69. The van der Waals surface area contributed by atoms with E-state index in [-0.39, 0.29) is 5.97 Å². The summed E-state index contributed by atoms with van der Waals surface area (Å²) in [7, 11) is 1.52. The minimum absolute atomic E-state index is 0.355. The fourth-order valence-corrected chi connectivity index (χ4v) is 2.80. The molecule has 0 aromatic rings. The molecule has 0 spiro atoms. The van der Waals surface area contributed by atoms with Gasteiger partial charge in [-0.05, 0) is 45.8 Å². The van der Waals surface area contributed by atoms with Crippen molar-refractivity contribution in [1.82, 2.24) is 0 Å². The molecule has 0 aromatic carbocycles. The second-order valence-electron chi connectivity index (χ2n) is 6.77. The van der Waals surface area contributed by atoms with E-state index in [2.05, 4.69) is 6.58 Å². The second-order valence-corrected chi connectivity index (χ2v) is 6.77. The van der Waals surface area contributed by atoms with Crippen LogP contribution in [0.3, 0.4) is 0 Å². The Morgan fingerprint density at radius 2 is 2.11 bits per heavy atom. The minimum Gasteiger partial charge on any atom is -0.458 e. The Morgan fingerprint density at radius 3 is 2.67 bits per heavy atom. The van der Waals surface area contributed by atoms with Crippen molar-refractivity contribution >= 4 is 11.9 Å². The molecular formula is C21H26O6. The van der Waals surface area contributed by atoms with Crippen LogP contribution in [0.2, 0.25) is 0 Å². The van der Waals surface area contributed by atoms with Gasteiger partial charge in [-0.2, -0.15) is 0 Å². The van der Waals surface area contributed by atoms with Crippen LogP contribution in [0, 0.1) is 0 Å². The summed E-state index contributed by atoms with van der Waals surface area (Å²) in [6.45, 7) is 9.27. The van der Waals surface area contributed by atoms with Crippen molar-refractivity contribution in [3.8, 4) is 0 Å². The van der Waals surface area contributed by atoms with E-state index in [1.807, 2.05) is 19.9 Å². The van der Waals surface area contributed by atoms with Gasteiger partial charge in [-0.15, -0.1) is 0 Å².